The average Bonchev–Trinajstić information content (AvgIpc) is 2.54. The molecule has 1 rings (SSSR count). The summed E-state index contributed by atoms with van der Waals surface area (Å²) in [6, 6.07) is 0. The molecule has 0 aromatic rings. The molecule has 0 aliphatic heterocycles. The Hall–Kier alpha value is 0.190. The summed E-state index contributed by atoms with van der Waals surface area (Å²) in [5.41, 5.74) is 0. The molecule has 0 amide bonds. The van der Waals surface area contributed by atoms with Crippen molar-refractivity contribution < 1.29 is 9.09 Å². The summed E-state index contributed by atoms with van der Waals surface area (Å²) in [4.78, 5) is 0. The monoisotopic (exact) mass is 204 g/mol. The van der Waals surface area contributed by atoms with Crippen molar-refractivity contribution in [2.24, 2.45) is 0 Å². The van der Waals surface area contributed by atoms with Gasteiger partial charge in [-0.25, -0.2) is 0 Å². The number of unbranched alkanes of at least 4 members (excludes halogenated alkanes) is 1. The van der Waals surface area contributed by atoms with Gasteiger partial charge in [-0.2, -0.15) is 0 Å². The summed E-state index contributed by atoms with van der Waals surface area (Å²) in [7, 11) is -1.79. The van der Waals surface area contributed by atoms with Crippen molar-refractivity contribution in [1.29, 1.82) is 0 Å². The minimum absolute atomic E-state index is 0.0262. The molecule has 1 aliphatic rings. The minimum atomic E-state index is -1.79. The van der Waals surface area contributed by atoms with Crippen LogP contribution in [0.3, 0.4) is 0 Å². The standard InChI is InChI=1S/C10H21O2P/c1-3-4-9-12-13(11)10(2)7-5-6-8-10/h13H,3-9H2,1-2H3. The van der Waals surface area contributed by atoms with Crippen LogP contribution in [0.1, 0.15) is 52.4 Å². The van der Waals surface area contributed by atoms with Crippen LogP contribution in [0.25, 0.3) is 0 Å². The van der Waals surface area contributed by atoms with Crippen LogP contribution < -0.4 is 0 Å². The van der Waals surface area contributed by atoms with Crippen molar-refractivity contribution in [3.8, 4) is 0 Å². The van der Waals surface area contributed by atoms with Crippen molar-refractivity contribution in [3.05, 3.63) is 0 Å². The summed E-state index contributed by atoms with van der Waals surface area (Å²) in [5, 5.41) is 0.0262. The molecular formula is C10H21O2P. The Balaban J connectivity index is 2.29. The highest BCUT2D eigenvalue weighted by Gasteiger charge is 2.35. The Bertz CT molecular complexity index is 174. The zero-order chi connectivity index (χ0) is 9.73. The topological polar surface area (TPSA) is 26.3 Å². The van der Waals surface area contributed by atoms with Gasteiger partial charge in [0.05, 0.1) is 6.61 Å². The number of hydrogen-bond acceptors (Lipinski definition) is 2. The molecule has 0 bridgehead atoms. The fraction of sp³-hybridized carbons (Fsp3) is 1.00. The molecule has 1 aliphatic carbocycles. The molecule has 0 aromatic carbocycles. The lowest BCUT2D eigenvalue weighted by molar-refractivity contribution is 0.304. The minimum Gasteiger partial charge on any atom is -0.330 e. The van der Waals surface area contributed by atoms with E-state index in [2.05, 4.69) is 13.8 Å². The molecule has 2 nitrogen and oxygen atoms in total. The highest BCUT2D eigenvalue weighted by molar-refractivity contribution is 7.41. The Labute approximate surface area is 81.9 Å². The molecule has 0 spiro atoms. The SMILES string of the molecule is CCCCO[PH](=O)C1(C)CCCC1. The van der Waals surface area contributed by atoms with Gasteiger partial charge in [0, 0.05) is 5.16 Å². The van der Waals surface area contributed by atoms with Gasteiger partial charge in [0.1, 0.15) is 0 Å². The Kier molecular flexibility index (Phi) is 4.48. The van der Waals surface area contributed by atoms with E-state index in [0.717, 1.165) is 25.7 Å². The lowest BCUT2D eigenvalue weighted by Crippen LogP contribution is -2.14. The van der Waals surface area contributed by atoms with Crippen molar-refractivity contribution in [1.82, 2.24) is 0 Å². The smallest absolute Gasteiger partial charge is 0.197 e. The molecule has 0 saturated heterocycles. The zero-order valence-corrected chi connectivity index (χ0v) is 9.77. The first-order valence-electron chi connectivity index (χ1n) is 5.36. The second-order valence-electron chi connectivity index (χ2n) is 4.26. The third-order valence-corrected chi connectivity index (χ3v) is 4.88. The molecule has 0 heterocycles. The quantitative estimate of drug-likeness (QED) is 0.505. The van der Waals surface area contributed by atoms with Crippen molar-refractivity contribution >= 4 is 8.03 Å². The van der Waals surface area contributed by atoms with Crippen LogP contribution in [0.5, 0.6) is 0 Å². The summed E-state index contributed by atoms with van der Waals surface area (Å²) < 4.78 is 17.2. The fourth-order valence-corrected chi connectivity index (χ4v) is 3.28. The van der Waals surface area contributed by atoms with Crippen molar-refractivity contribution in [3.63, 3.8) is 0 Å². The normalized spacial score (nSPS) is 23.2. The maximum absolute atomic E-state index is 11.8. The van der Waals surface area contributed by atoms with E-state index >= 15 is 0 Å². The van der Waals surface area contributed by atoms with Crippen LogP contribution in [-0.4, -0.2) is 11.8 Å². The molecule has 0 radical (unpaired) electrons. The molecule has 1 atom stereocenters. The molecule has 1 unspecified atom stereocenters. The molecule has 1 fully saturated rings. The summed E-state index contributed by atoms with van der Waals surface area (Å²) in [6.45, 7) is 4.93. The van der Waals surface area contributed by atoms with E-state index in [1.165, 1.54) is 12.8 Å². The van der Waals surface area contributed by atoms with E-state index < -0.39 is 8.03 Å². The summed E-state index contributed by atoms with van der Waals surface area (Å²) in [6.07, 6.45) is 6.79. The Morgan fingerprint density at radius 3 is 2.54 bits per heavy atom. The first-order chi connectivity index (χ1) is 6.19. The second kappa shape index (κ2) is 5.17. The van der Waals surface area contributed by atoms with E-state index in [4.69, 9.17) is 4.52 Å². The second-order valence-corrected chi connectivity index (χ2v) is 6.33. The van der Waals surface area contributed by atoms with Crippen LogP contribution in [0.2, 0.25) is 0 Å². The molecule has 3 heteroatoms. The Morgan fingerprint density at radius 2 is 2.00 bits per heavy atom. The third kappa shape index (κ3) is 3.11. The van der Waals surface area contributed by atoms with Crippen LogP contribution in [0.15, 0.2) is 0 Å². The lowest BCUT2D eigenvalue weighted by Gasteiger charge is -2.22. The predicted molar refractivity (Wildman–Crippen MR) is 56.7 cm³/mol. The van der Waals surface area contributed by atoms with E-state index in [0.29, 0.717) is 6.61 Å². The van der Waals surface area contributed by atoms with E-state index in [1.807, 2.05) is 0 Å². The lowest BCUT2D eigenvalue weighted by atomic mass is 10.1. The van der Waals surface area contributed by atoms with Gasteiger partial charge in [-0.05, 0) is 19.3 Å². The molecule has 0 aromatic heterocycles. The van der Waals surface area contributed by atoms with Crippen LogP contribution >= 0.6 is 8.03 Å². The summed E-state index contributed by atoms with van der Waals surface area (Å²) in [5.74, 6) is 0. The number of hydrogen-bond donors (Lipinski definition) is 0. The van der Waals surface area contributed by atoms with E-state index in [9.17, 15) is 4.57 Å². The maximum atomic E-state index is 11.8. The first-order valence-corrected chi connectivity index (χ1v) is 6.68. The van der Waals surface area contributed by atoms with Gasteiger partial charge in [0.2, 0.25) is 0 Å². The van der Waals surface area contributed by atoms with Crippen LogP contribution in [0, 0.1) is 0 Å². The van der Waals surface area contributed by atoms with Gasteiger partial charge in [0.15, 0.2) is 8.03 Å². The highest BCUT2D eigenvalue weighted by atomic mass is 31.1. The fourth-order valence-electron chi connectivity index (χ4n) is 1.84. The third-order valence-electron chi connectivity index (χ3n) is 2.93. The first kappa shape index (κ1) is 11.3. The van der Waals surface area contributed by atoms with Crippen LogP contribution in [0.4, 0.5) is 0 Å². The van der Waals surface area contributed by atoms with Gasteiger partial charge < -0.3 is 4.52 Å². The van der Waals surface area contributed by atoms with Gasteiger partial charge >= 0.3 is 0 Å². The number of rotatable bonds is 5. The van der Waals surface area contributed by atoms with Crippen LogP contribution in [-0.2, 0) is 9.09 Å². The van der Waals surface area contributed by atoms with Crippen molar-refractivity contribution in [2.45, 2.75) is 57.5 Å². The maximum Gasteiger partial charge on any atom is 0.197 e. The van der Waals surface area contributed by atoms with Crippen molar-refractivity contribution in [2.75, 3.05) is 6.61 Å². The molecular weight excluding hydrogens is 183 g/mol. The molecule has 1 saturated carbocycles. The average molecular weight is 204 g/mol. The van der Waals surface area contributed by atoms with E-state index in [-0.39, 0.29) is 5.16 Å². The molecule has 13 heavy (non-hydrogen) atoms. The van der Waals surface area contributed by atoms with Gasteiger partial charge in [-0.1, -0.05) is 33.1 Å². The molecule has 0 N–H and O–H groups in total. The van der Waals surface area contributed by atoms with Gasteiger partial charge in [0.25, 0.3) is 0 Å². The predicted octanol–water partition coefficient (Wildman–Crippen LogP) is 3.61. The largest absolute Gasteiger partial charge is 0.330 e. The van der Waals surface area contributed by atoms with Gasteiger partial charge in [-0.15, -0.1) is 0 Å². The Morgan fingerprint density at radius 1 is 1.38 bits per heavy atom. The summed E-state index contributed by atoms with van der Waals surface area (Å²) >= 11 is 0. The van der Waals surface area contributed by atoms with E-state index in [1.54, 1.807) is 0 Å². The van der Waals surface area contributed by atoms with Gasteiger partial charge in [-0.3, -0.25) is 4.57 Å². The highest BCUT2D eigenvalue weighted by Crippen LogP contribution is 2.50. The molecule has 78 valence electrons. The zero-order valence-electron chi connectivity index (χ0n) is 8.77.